The maximum atomic E-state index is 13.6. The van der Waals surface area contributed by atoms with Gasteiger partial charge in [0.2, 0.25) is 0 Å². The lowest BCUT2D eigenvalue weighted by molar-refractivity contribution is 0.298. The Bertz CT molecular complexity index is 630. The summed E-state index contributed by atoms with van der Waals surface area (Å²) in [5.41, 5.74) is 7.13. The third-order valence-electron chi connectivity index (χ3n) is 3.08. The van der Waals surface area contributed by atoms with Crippen LogP contribution in [0.4, 0.5) is 8.78 Å². The Kier molecular flexibility index (Phi) is 4.75. The highest BCUT2D eigenvalue weighted by atomic mass is 19.1. The molecule has 0 fully saturated rings. The Balaban J connectivity index is 2.16. The van der Waals surface area contributed by atoms with Crippen LogP contribution in [0.1, 0.15) is 24.1 Å². The molecule has 0 bridgehead atoms. The molecular formula is C16H17F2NO2. The van der Waals surface area contributed by atoms with Gasteiger partial charge in [0.05, 0.1) is 7.11 Å². The van der Waals surface area contributed by atoms with Crippen molar-refractivity contribution < 1.29 is 18.3 Å². The number of rotatable bonds is 5. The van der Waals surface area contributed by atoms with Crippen LogP contribution in [0.5, 0.6) is 11.5 Å². The number of hydrogen-bond acceptors (Lipinski definition) is 3. The van der Waals surface area contributed by atoms with Gasteiger partial charge in [-0.3, -0.25) is 0 Å². The average Bonchev–Trinajstić information content (AvgIpc) is 2.45. The van der Waals surface area contributed by atoms with Crippen molar-refractivity contribution in [1.29, 1.82) is 0 Å². The summed E-state index contributed by atoms with van der Waals surface area (Å²) in [6, 6.07) is 8.44. The highest BCUT2D eigenvalue weighted by Gasteiger charge is 2.10. The van der Waals surface area contributed by atoms with Crippen LogP contribution >= 0.6 is 0 Å². The van der Waals surface area contributed by atoms with Gasteiger partial charge in [0.25, 0.3) is 0 Å². The van der Waals surface area contributed by atoms with E-state index < -0.39 is 11.6 Å². The Labute approximate surface area is 122 Å². The second kappa shape index (κ2) is 6.54. The molecule has 0 aliphatic carbocycles. The van der Waals surface area contributed by atoms with E-state index in [1.165, 1.54) is 31.4 Å². The molecule has 3 nitrogen and oxygen atoms in total. The number of methoxy groups -OCH3 is 1. The van der Waals surface area contributed by atoms with Gasteiger partial charge in [0.1, 0.15) is 18.2 Å². The standard InChI is InChI=1S/C16H17F2NO2/c1-10(19)13-5-4-12(17)8-16(13)21-9-11-3-6-15(20-2)14(18)7-11/h3-8,10H,9,19H2,1-2H3/t10-/m0/s1. The summed E-state index contributed by atoms with van der Waals surface area (Å²) in [7, 11) is 1.40. The number of nitrogens with two attached hydrogens (primary N) is 1. The molecule has 5 heteroatoms. The van der Waals surface area contributed by atoms with Crippen molar-refractivity contribution in [3.8, 4) is 11.5 Å². The van der Waals surface area contributed by atoms with Gasteiger partial charge in [-0.25, -0.2) is 8.78 Å². The summed E-state index contributed by atoms with van der Waals surface area (Å²) in [5.74, 6) is -0.345. The lowest BCUT2D eigenvalue weighted by Crippen LogP contribution is -2.08. The van der Waals surface area contributed by atoms with Crippen molar-refractivity contribution in [2.24, 2.45) is 5.73 Å². The summed E-state index contributed by atoms with van der Waals surface area (Å²) in [6.45, 7) is 1.90. The molecule has 0 saturated carbocycles. The van der Waals surface area contributed by atoms with Crippen LogP contribution in [0.25, 0.3) is 0 Å². The monoisotopic (exact) mass is 293 g/mol. The molecule has 0 aromatic heterocycles. The maximum Gasteiger partial charge on any atom is 0.165 e. The third kappa shape index (κ3) is 3.70. The van der Waals surface area contributed by atoms with Gasteiger partial charge in [0.15, 0.2) is 11.6 Å². The van der Waals surface area contributed by atoms with Crippen LogP contribution in [0.3, 0.4) is 0 Å². The summed E-state index contributed by atoms with van der Waals surface area (Å²) in [4.78, 5) is 0. The number of halogens is 2. The van der Waals surface area contributed by atoms with E-state index in [2.05, 4.69) is 0 Å². The number of hydrogen-bond donors (Lipinski definition) is 1. The minimum absolute atomic E-state index is 0.115. The summed E-state index contributed by atoms with van der Waals surface area (Å²) in [6.07, 6.45) is 0. The molecular weight excluding hydrogens is 276 g/mol. The lowest BCUT2D eigenvalue weighted by atomic mass is 10.1. The van der Waals surface area contributed by atoms with E-state index >= 15 is 0 Å². The minimum Gasteiger partial charge on any atom is -0.494 e. The fourth-order valence-electron chi connectivity index (χ4n) is 1.97. The predicted molar refractivity (Wildman–Crippen MR) is 76.3 cm³/mol. The van der Waals surface area contributed by atoms with E-state index in [4.69, 9.17) is 15.2 Å². The van der Waals surface area contributed by atoms with Crippen molar-refractivity contribution in [1.82, 2.24) is 0 Å². The SMILES string of the molecule is COc1ccc(COc2cc(F)ccc2[C@H](C)N)cc1F. The van der Waals surface area contributed by atoms with Gasteiger partial charge in [-0.2, -0.15) is 0 Å². The average molecular weight is 293 g/mol. The van der Waals surface area contributed by atoms with Crippen LogP contribution in [0.15, 0.2) is 36.4 Å². The first kappa shape index (κ1) is 15.3. The Morgan fingerprint density at radius 1 is 1.10 bits per heavy atom. The summed E-state index contributed by atoms with van der Waals surface area (Å²) in [5, 5.41) is 0. The Morgan fingerprint density at radius 3 is 2.48 bits per heavy atom. The van der Waals surface area contributed by atoms with Gasteiger partial charge in [-0.15, -0.1) is 0 Å². The van der Waals surface area contributed by atoms with Crippen LogP contribution < -0.4 is 15.2 Å². The van der Waals surface area contributed by atoms with Gasteiger partial charge < -0.3 is 15.2 Å². The molecule has 2 rings (SSSR count). The molecule has 0 unspecified atom stereocenters. The van der Waals surface area contributed by atoms with Gasteiger partial charge in [0, 0.05) is 17.7 Å². The van der Waals surface area contributed by atoms with Crippen molar-refractivity contribution >= 4 is 0 Å². The fraction of sp³-hybridized carbons (Fsp3) is 0.250. The molecule has 0 aliphatic heterocycles. The van der Waals surface area contributed by atoms with E-state index in [0.717, 1.165) is 0 Å². The Hall–Kier alpha value is -2.14. The van der Waals surface area contributed by atoms with E-state index in [0.29, 0.717) is 16.9 Å². The van der Waals surface area contributed by atoms with Crippen molar-refractivity contribution in [2.45, 2.75) is 19.6 Å². The van der Waals surface area contributed by atoms with Crippen LogP contribution in [-0.2, 0) is 6.61 Å². The highest BCUT2D eigenvalue weighted by Crippen LogP contribution is 2.26. The van der Waals surface area contributed by atoms with Crippen molar-refractivity contribution in [3.63, 3.8) is 0 Å². The first-order valence-electron chi connectivity index (χ1n) is 6.51. The number of ether oxygens (including phenoxy) is 2. The van der Waals surface area contributed by atoms with Crippen LogP contribution in [0, 0.1) is 11.6 Å². The second-order valence-corrected chi connectivity index (χ2v) is 4.73. The summed E-state index contributed by atoms with van der Waals surface area (Å²) < 4.78 is 37.3. The molecule has 2 aromatic rings. The van der Waals surface area contributed by atoms with E-state index in [-0.39, 0.29) is 18.4 Å². The van der Waals surface area contributed by atoms with Gasteiger partial charge >= 0.3 is 0 Å². The van der Waals surface area contributed by atoms with Crippen molar-refractivity contribution in [2.75, 3.05) is 7.11 Å². The molecule has 0 radical (unpaired) electrons. The van der Waals surface area contributed by atoms with Crippen LogP contribution in [0.2, 0.25) is 0 Å². The van der Waals surface area contributed by atoms with E-state index in [1.807, 2.05) is 0 Å². The molecule has 0 amide bonds. The normalized spacial score (nSPS) is 12.0. The topological polar surface area (TPSA) is 44.5 Å². The first-order valence-corrected chi connectivity index (χ1v) is 6.51. The molecule has 0 saturated heterocycles. The molecule has 1 atom stereocenters. The zero-order valence-corrected chi connectivity index (χ0v) is 11.9. The molecule has 0 aliphatic rings. The summed E-state index contributed by atoms with van der Waals surface area (Å²) >= 11 is 0. The molecule has 2 aromatic carbocycles. The molecule has 2 N–H and O–H groups in total. The zero-order valence-electron chi connectivity index (χ0n) is 11.9. The van der Waals surface area contributed by atoms with E-state index in [1.54, 1.807) is 19.1 Å². The largest absolute Gasteiger partial charge is 0.494 e. The fourth-order valence-corrected chi connectivity index (χ4v) is 1.97. The van der Waals surface area contributed by atoms with Gasteiger partial charge in [-0.05, 0) is 30.7 Å². The molecule has 0 heterocycles. The maximum absolute atomic E-state index is 13.6. The second-order valence-electron chi connectivity index (χ2n) is 4.73. The number of benzene rings is 2. The zero-order chi connectivity index (χ0) is 15.4. The first-order chi connectivity index (χ1) is 10.0. The quantitative estimate of drug-likeness (QED) is 0.916. The smallest absolute Gasteiger partial charge is 0.165 e. The molecule has 21 heavy (non-hydrogen) atoms. The highest BCUT2D eigenvalue weighted by molar-refractivity contribution is 5.36. The lowest BCUT2D eigenvalue weighted by Gasteiger charge is -2.14. The third-order valence-corrected chi connectivity index (χ3v) is 3.08. The van der Waals surface area contributed by atoms with E-state index in [9.17, 15) is 8.78 Å². The van der Waals surface area contributed by atoms with Gasteiger partial charge in [-0.1, -0.05) is 12.1 Å². The molecule has 0 spiro atoms. The predicted octanol–water partition coefficient (Wildman–Crippen LogP) is 3.57. The Morgan fingerprint density at radius 2 is 1.86 bits per heavy atom. The molecule has 112 valence electrons. The van der Waals surface area contributed by atoms with Crippen molar-refractivity contribution in [3.05, 3.63) is 59.2 Å². The van der Waals surface area contributed by atoms with Crippen LogP contribution in [-0.4, -0.2) is 7.11 Å². The minimum atomic E-state index is -0.467.